The van der Waals surface area contributed by atoms with E-state index in [9.17, 15) is 4.39 Å². The first-order valence-electron chi connectivity index (χ1n) is 7.61. The molecule has 2 aromatic heterocycles. The fourth-order valence-electron chi connectivity index (χ4n) is 2.26. The highest BCUT2D eigenvalue weighted by Gasteiger charge is 2.14. The molecule has 0 aliphatic heterocycles. The second kappa shape index (κ2) is 7.31. The SMILES string of the molecule is Fc1ccccc1-c1nnc(SCc2ncc(-c3ccc(Cl)cc3)o2)o1. The van der Waals surface area contributed by atoms with Crippen molar-refractivity contribution in [2.45, 2.75) is 11.0 Å². The standard InChI is InChI=1S/C18H11ClFN3O2S/c19-12-7-5-11(6-8-12)15-9-21-16(24-15)10-26-18-23-22-17(25-18)13-3-1-2-4-14(13)20/h1-9H,10H2. The van der Waals surface area contributed by atoms with E-state index in [0.29, 0.717) is 27.6 Å². The van der Waals surface area contributed by atoms with Gasteiger partial charge in [-0.25, -0.2) is 9.37 Å². The second-order valence-electron chi connectivity index (χ2n) is 5.27. The summed E-state index contributed by atoms with van der Waals surface area (Å²) in [6.07, 6.45) is 1.65. The molecule has 0 saturated carbocycles. The van der Waals surface area contributed by atoms with E-state index in [1.807, 2.05) is 12.1 Å². The van der Waals surface area contributed by atoms with Gasteiger partial charge >= 0.3 is 0 Å². The topological polar surface area (TPSA) is 65.0 Å². The summed E-state index contributed by atoms with van der Waals surface area (Å²) in [5.74, 6) is 1.31. The van der Waals surface area contributed by atoms with Crippen molar-refractivity contribution in [1.82, 2.24) is 15.2 Å². The van der Waals surface area contributed by atoms with Crippen LogP contribution in [0.15, 0.2) is 68.8 Å². The molecule has 0 bridgehead atoms. The van der Waals surface area contributed by atoms with E-state index in [0.717, 1.165) is 5.56 Å². The van der Waals surface area contributed by atoms with Gasteiger partial charge in [0.05, 0.1) is 17.5 Å². The number of thioether (sulfide) groups is 1. The molecule has 2 aromatic carbocycles. The van der Waals surface area contributed by atoms with E-state index in [1.54, 1.807) is 36.5 Å². The van der Waals surface area contributed by atoms with E-state index in [1.165, 1.54) is 17.8 Å². The van der Waals surface area contributed by atoms with Gasteiger partial charge in [-0.15, -0.1) is 10.2 Å². The van der Waals surface area contributed by atoms with E-state index < -0.39 is 5.82 Å². The minimum atomic E-state index is -0.409. The molecular formula is C18H11ClFN3O2S. The van der Waals surface area contributed by atoms with Gasteiger partial charge in [0.25, 0.3) is 11.1 Å². The van der Waals surface area contributed by atoms with Gasteiger partial charge in [0, 0.05) is 10.6 Å². The van der Waals surface area contributed by atoms with Crippen molar-refractivity contribution >= 4 is 23.4 Å². The molecule has 8 heteroatoms. The first-order valence-corrected chi connectivity index (χ1v) is 8.97. The summed E-state index contributed by atoms with van der Waals surface area (Å²) in [5.41, 5.74) is 1.16. The minimum Gasteiger partial charge on any atom is -0.440 e. The Hall–Kier alpha value is -2.64. The zero-order valence-electron chi connectivity index (χ0n) is 13.2. The van der Waals surface area contributed by atoms with Crippen LogP contribution in [-0.2, 0) is 5.75 Å². The number of hydrogen-bond donors (Lipinski definition) is 0. The molecule has 0 aliphatic carbocycles. The van der Waals surface area contributed by atoms with Crippen LogP contribution in [0.5, 0.6) is 0 Å². The Balaban J connectivity index is 1.44. The van der Waals surface area contributed by atoms with Gasteiger partial charge in [0.2, 0.25) is 5.89 Å². The minimum absolute atomic E-state index is 0.139. The number of aromatic nitrogens is 3. The van der Waals surface area contributed by atoms with Crippen LogP contribution in [0.2, 0.25) is 5.02 Å². The molecule has 0 spiro atoms. The molecule has 4 rings (SSSR count). The zero-order chi connectivity index (χ0) is 17.9. The van der Waals surface area contributed by atoms with Crippen molar-refractivity contribution in [3.63, 3.8) is 0 Å². The first-order chi connectivity index (χ1) is 12.7. The van der Waals surface area contributed by atoms with Crippen molar-refractivity contribution in [2.24, 2.45) is 0 Å². The Bertz CT molecular complexity index is 1030. The maximum atomic E-state index is 13.8. The molecule has 2 heterocycles. The molecule has 26 heavy (non-hydrogen) atoms. The predicted molar refractivity (Wildman–Crippen MR) is 96.2 cm³/mol. The Morgan fingerprint density at radius 2 is 1.81 bits per heavy atom. The van der Waals surface area contributed by atoms with E-state index in [-0.39, 0.29) is 11.5 Å². The van der Waals surface area contributed by atoms with Crippen LogP contribution in [0.3, 0.4) is 0 Å². The molecule has 5 nitrogen and oxygen atoms in total. The van der Waals surface area contributed by atoms with Crippen molar-refractivity contribution in [3.05, 3.63) is 71.5 Å². The third kappa shape index (κ3) is 3.63. The van der Waals surface area contributed by atoms with E-state index >= 15 is 0 Å². The molecule has 0 unspecified atom stereocenters. The van der Waals surface area contributed by atoms with Gasteiger partial charge in [0.1, 0.15) is 5.82 Å². The quantitative estimate of drug-likeness (QED) is 0.423. The van der Waals surface area contributed by atoms with Crippen molar-refractivity contribution in [2.75, 3.05) is 0 Å². The molecular weight excluding hydrogens is 377 g/mol. The van der Waals surface area contributed by atoms with Crippen molar-refractivity contribution < 1.29 is 13.2 Å². The molecule has 0 saturated heterocycles. The summed E-state index contributed by atoms with van der Waals surface area (Å²) < 4.78 is 25.0. The Kier molecular flexibility index (Phi) is 4.73. The molecule has 0 fully saturated rings. The highest BCUT2D eigenvalue weighted by Crippen LogP contribution is 2.28. The lowest BCUT2D eigenvalue weighted by Crippen LogP contribution is -1.82. The van der Waals surface area contributed by atoms with Gasteiger partial charge in [-0.1, -0.05) is 35.5 Å². The van der Waals surface area contributed by atoms with Crippen LogP contribution >= 0.6 is 23.4 Å². The maximum absolute atomic E-state index is 13.8. The smallest absolute Gasteiger partial charge is 0.277 e. The largest absolute Gasteiger partial charge is 0.440 e. The first kappa shape index (κ1) is 16.8. The summed E-state index contributed by atoms with van der Waals surface area (Å²) in [7, 11) is 0. The number of benzene rings is 2. The normalized spacial score (nSPS) is 11.0. The fourth-order valence-corrected chi connectivity index (χ4v) is 3.00. The average molecular weight is 388 g/mol. The summed E-state index contributed by atoms with van der Waals surface area (Å²) in [5, 5.41) is 8.77. The van der Waals surface area contributed by atoms with Crippen molar-refractivity contribution in [3.8, 4) is 22.8 Å². The lowest BCUT2D eigenvalue weighted by Gasteiger charge is -1.96. The molecule has 0 N–H and O–H groups in total. The van der Waals surface area contributed by atoms with Gasteiger partial charge in [-0.3, -0.25) is 0 Å². The second-order valence-corrected chi connectivity index (χ2v) is 6.63. The maximum Gasteiger partial charge on any atom is 0.277 e. The third-order valence-corrected chi connectivity index (χ3v) is 4.57. The average Bonchev–Trinajstić information content (AvgIpc) is 3.30. The van der Waals surface area contributed by atoms with Gasteiger partial charge in [-0.2, -0.15) is 0 Å². The number of hydrogen-bond acceptors (Lipinski definition) is 6. The third-order valence-electron chi connectivity index (χ3n) is 3.51. The molecule has 0 radical (unpaired) electrons. The lowest BCUT2D eigenvalue weighted by atomic mass is 10.2. The number of oxazole rings is 1. The molecule has 0 aliphatic rings. The number of halogens is 2. The summed E-state index contributed by atoms with van der Waals surface area (Å²) in [6.45, 7) is 0. The molecule has 0 atom stereocenters. The van der Waals surface area contributed by atoms with Crippen molar-refractivity contribution in [1.29, 1.82) is 0 Å². The van der Waals surface area contributed by atoms with Gasteiger partial charge < -0.3 is 8.83 Å². The van der Waals surface area contributed by atoms with Crippen LogP contribution < -0.4 is 0 Å². The number of rotatable bonds is 5. The highest BCUT2D eigenvalue weighted by molar-refractivity contribution is 7.98. The van der Waals surface area contributed by atoms with Crippen LogP contribution in [-0.4, -0.2) is 15.2 Å². The number of nitrogens with zero attached hydrogens (tertiary/aromatic N) is 3. The summed E-state index contributed by atoms with van der Waals surface area (Å²) in [6, 6.07) is 13.5. The Labute approximate surface area is 157 Å². The predicted octanol–water partition coefficient (Wildman–Crippen LogP) is 5.48. The summed E-state index contributed by atoms with van der Waals surface area (Å²) in [4.78, 5) is 4.24. The Morgan fingerprint density at radius 3 is 2.62 bits per heavy atom. The van der Waals surface area contributed by atoms with Crippen LogP contribution in [0.1, 0.15) is 5.89 Å². The van der Waals surface area contributed by atoms with E-state index in [4.69, 9.17) is 20.4 Å². The highest BCUT2D eigenvalue weighted by atomic mass is 35.5. The van der Waals surface area contributed by atoms with E-state index in [2.05, 4.69) is 15.2 Å². The molecule has 0 amide bonds. The fraction of sp³-hybridized carbons (Fsp3) is 0.0556. The van der Waals surface area contributed by atoms with Gasteiger partial charge in [0.15, 0.2) is 5.76 Å². The Morgan fingerprint density at radius 1 is 1.00 bits per heavy atom. The summed E-state index contributed by atoms with van der Waals surface area (Å²) >= 11 is 7.15. The van der Waals surface area contributed by atoms with Crippen LogP contribution in [0.4, 0.5) is 4.39 Å². The monoisotopic (exact) mass is 387 g/mol. The molecule has 4 aromatic rings. The lowest BCUT2D eigenvalue weighted by molar-refractivity contribution is 0.461. The zero-order valence-corrected chi connectivity index (χ0v) is 14.8. The van der Waals surface area contributed by atoms with Crippen LogP contribution in [0, 0.1) is 5.82 Å². The molecule has 130 valence electrons. The van der Waals surface area contributed by atoms with Gasteiger partial charge in [-0.05, 0) is 36.4 Å². The van der Waals surface area contributed by atoms with Crippen LogP contribution in [0.25, 0.3) is 22.8 Å².